The van der Waals surface area contributed by atoms with Crippen molar-refractivity contribution in [3.63, 3.8) is 0 Å². The first-order chi connectivity index (χ1) is 8.97. The molecule has 0 saturated heterocycles. The van der Waals surface area contributed by atoms with Crippen molar-refractivity contribution in [1.82, 2.24) is 0 Å². The van der Waals surface area contributed by atoms with Crippen molar-refractivity contribution in [2.75, 3.05) is 0 Å². The van der Waals surface area contributed by atoms with Gasteiger partial charge in [-0.15, -0.1) is 0 Å². The average Bonchev–Trinajstić information content (AvgIpc) is 2.33. The van der Waals surface area contributed by atoms with E-state index < -0.39 is 0 Å². The summed E-state index contributed by atoms with van der Waals surface area (Å²) in [5, 5.41) is 0.653. The van der Waals surface area contributed by atoms with E-state index in [-0.39, 0.29) is 11.9 Å². The molecule has 100 valence electrons. The first kappa shape index (κ1) is 14.5. The molecule has 1 nitrogen and oxygen atoms in total. The Bertz CT molecular complexity index is 601. The van der Waals surface area contributed by atoms with Crippen LogP contribution in [0.1, 0.15) is 22.7 Å². The fourth-order valence-electron chi connectivity index (χ4n) is 1.98. The first-order valence-electron chi connectivity index (χ1n) is 5.93. The zero-order valence-corrected chi connectivity index (χ0v) is 12.8. The topological polar surface area (TPSA) is 26.0 Å². The van der Waals surface area contributed by atoms with E-state index in [1.54, 1.807) is 6.07 Å². The van der Waals surface area contributed by atoms with E-state index in [0.717, 1.165) is 21.2 Å². The molecule has 0 heterocycles. The maximum Gasteiger partial charge on any atom is 0.123 e. The van der Waals surface area contributed by atoms with Crippen LogP contribution in [0.15, 0.2) is 40.9 Å². The molecule has 2 aromatic rings. The van der Waals surface area contributed by atoms with Gasteiger partial charge < -0.3 is 5.73 Å². The molecule has 2 aromatic carbocycles. The predicted molar refractivity (Wildman–Crippen MR) is 80.9 cm³/mol. The van der Waals surface area contributed by atoms with Crippen LogP contribution in [0.5, 0.6) is 0 Å². The third-order valence-electron chi connectivity index (χ3n) is 3.00. The van der Waals surface area contributed by atoms with Gasteiger partial charge in [-0.25, -0.2) is 4.39 Å². The Morgan fingerprint density at radius 2 is 2.00 bits per heavy atom. The highest BCUT2D eigenvalue weighted by Crippen LogP contribution is 2.28. The smallest absolute Gasteiger partial charge is 0.123 e. The van der Waals surface area contributed by atoms with Crippen LogP contribution >= 0.6 is 27.5 Å². The van der Waals surface area contributed by atoms with Crippen molar-refractivity contribution in [2.24, 2.45) is 5.73 Å². The lowest BCUT2D eigenvalue weighted by atomic mass is 9.99. The van der Waals surface area contributed by atoms with Gasteiger partial charge in [0.1, 0.15) is 5.82 Å². The van der Waals surface area contributed by atoms with E-state index in [0.29, 0.717) is 11.4 Å². The molecule has 2 rings (SSSR count). The Morgan fingerprint density at radius 3 is 2.68 bits per heavy atom. The third kappa shape index (κ3) is 3.56. The number of hydrogen-bond acceptors (Lipinski definition) is 1. The van der Waals surface area contributed by atoms with E-state index in [4.69, 9.17) is 17.3 Å². The van der Waals surface area contributed by atoms with Crippen molar-refractivity contribution in [2.45, 2.75) is 19.4 Å². The Labute approximate surface area is 125 Å². The van der Waals surface area contributed by atoms with E-state index in [1.165, 1.54) is 12.1 Å². The van der Waals surface area contributed by atoms with Crippen LogP contribution in [0.4, 0.5) is 4.39 Å². The molecule has 1 unspecified atom stereocenters. The number of aryl methyl sites for hydroxylation is 1. The van der Waals surface area contributed by atoms with Crippen molar-refractivity contribution < 1.29 is 4.39 Å². The number of halogens is 3. The highest BCUT2D eigenvalue weighted by molar-refractivity contribution is 9.10. The summed E-state index contributed by atoms with van der Waals surface area (Å²) in [7, 11) is 0. The Hall–Kier alpha value is -0.900. The van der Waals surface area contributed by atoms with Gasteiger partial charge in [0, 0.05) is 15.5 Å². The van der Waals surface area contributed by atoms with Gasteiger partial charge in [0.25, 0.3) is 0 Å². The highest BCUT2D eigenvalue weighted by atomic mass is 79.9. The van der Waals surface area contributed by atoms with Crippen LogP contribution in [0.25, 0.3) is 0 Å². The molecule has 0 radical (unpaired) electrons. The molecule has 4 heteroatoms. The molecule has 2 N–H and O–H groups in total. The van der Waals surface area contributed by atoms with Crippen LogP contribution in [0.2, 0.25) is 5.02 Å². The first-order valence-corrected chi connectivity index (χ1v) is 7.10. The third-order valence-corrected chi connectivity index (χ3v) is 4.10. The number of benzene rings is 2. The molecule has 0 amide bonds. The lowest BCUT2D eigenvalue weighted by Gasteiger charge is -2.15. The number of rotatable bonds is 3. The van der Waals surface area contributed by atoms with Gasteiger partial charge in [-0.3, -0.25) is 0 Å². The minimum absolute atomic E-state index is 0.258. The van der Waals surface area contributed by atoms with Gasteiger partial charge in [-0.2, -0.15) is 0 Å². The lowest BCUT2D eigenvalue weighted by molar-refractivity contribution is 0.621. The second kappa shape index (κ2) is 6.04. The van der Waals surface area contributed by atoms with E-state index >= 15 is 0 Å². The van der Waals surface area contributed by atoms with Crippen molar-refractivity contribution >= 4 is 27.5 Å². The molecular formula is C15H14BrClFN. The molecule has 0 saturated carbocycles. The molecular weight excluding hydrogens is 329 g/mol. The summed E-state index contributed by atoms with van der Waals surface area (Å²) in [4.78, 5) is 0. The van der Waals surface area contributed by atoms with Gasteiger partial charge in [0.05, 0.1) is 0 Å². The van der Waals surface area contributed by atoms with Crippen molar-refractivity contribution in [1.29, 1.82) is 0 Å². The summed E-state index contributed by atoms with van der Waals surface area (Å²) in [5.74, 6) is -0.264. The highest BCUT2D eigenvalue weighted by Gasteiger charge is 2.13. The van der Waals surface area contributed by atoms with Crippen LogP contribution in [0, 0.1) is 12.7 Å². The fraction of sp³-hybridized carbons (Fsp3) is 0.200. The van der Waals surface area contributed by atoms with Gasteiger partial charge in [0.15, 0.2) is 0 Å². The Balaban J connectivity index is 2.25. The second-order valence-corrected chi connectivity index (χ2v) is 5.83. The molecule has 0 aromatic heterocycles. The van der Waals surface area contributed by atoms with E-state index in [1.807, 2.05) is 25.1 Å². The average molecular weight is 343 g/mol. The standard InChI is InChI=1S/C15H14BrClFN/c1-9-2-4-12(14(17)6-9)15(19)8-10-7-11(18)3-5-13(10)16/h2-7,15H,8,19H2,1H3. The molecule has 0 fully saturated rings. The molecule has 0 aliphatic rings. The van der Waals surface area contributed by atoms with Gasteiger partial charge in [-0.1, -0.05) is 39.7 Å². The number of nitrogens with two attached hydrogens (primary N) is 1. The zero-order chi connectivity index (χ0) is 14.0. The van der Waals surface area contributed by atoms with Crippen LogP contribution in [0.3, 0.4) is 0 Å². The van der Waals surface area contributed by atoms with E-state index in [2.05, 4.69) is 15.9 Å². The molecule has 0 aliphatic carbocycles. The summed E-state index contributed by atoms with van der Waals surface area (Å²) in [5.41, 5.74) is 8.98. The van der Waals surface area contributed by atoms with Crippen molar-refractivity contribution in [3.8, 4) is 0 Å². The largest absolute Gasteiger partial charge is 0.324 e. The maximum atomic E-state index is 13.2. The summed E-state index contributed by atoms with van der Waals surface area (Å²) in [6, 6.07) is 10.1. The van der Waals surface area contributed by atoms with Crippen LogP contribution < -0.4 is 5.73 Å². The lowest BCUT2D eigenvalue weighted by Crippen LogP contribution is -2.14. The van der Waals surface area contributed by atoms with Crippen LogP contribution in [-0.2, 0) is 6.42 Å². The molecule has 0 aliphatic heterocycles. The SMILES string of the molecule is Cc1ccc(C(N)Cc2cc(F)ccc2Br)c(Cl)c1. The molecule has 0 bridgehead atoms. The van der Waals surface area contributed by atoms with Crippen molar-refractivity contribution in [3.05, 3.63) is 68.4 Å². The van der Waals surface area contributed by atoms with Crippen LogP contribution in [-0.4, -0.2) is 0 Å². The maximum absolute atomic E-state index is 13.2. The Kier molecular flexibility index (Phi) is 4.61. The van der Waals surface area contributed by atoms with E-state index in [9.17, 15) is 4.39 Å². The van der Waals surface area contributed by atoms with Gasteiger partial charge in [-0.05, 0) is 54.3 Å². The molecule has 19 heavy (non-hydrogen) atoms. The minimum atomic E-state index is -0.264. The zero-order valence-electron chi connectivity index (χ0n) is 10.5. The Morgan fingerprint density at radius 1 is 1.26 bits per heavy atom. The predicted octanol–water partition coefficient (Wildman–Crippen LogP) is 4.79. The quantitative estimate of drug-likeness (QED) is 0.852. The van der Waals surface area contributed by atoms with Gasteiger partial charge >= 0.3 is 0 Å². The molecule has 0 spiro atoms. The monoisotopic (exact) mass is 341 g/mol. The normalized spacial score (nSPS) is 12.5. The summed E-state index contributed by atoms with van der Waals surface area (Å²) in [6.07, 6.45) is 0.529. The minimum Gasteiger partial charge on any atom is -0.324 e. The second-order valence-electron chi connectivity index (χ2n) is 4.57. The summed E-state index contributed by atoms with van der Waals surface area (Å²) < 4.78 is 14.1. The van der Waals surface area contributed by atoms with Gasteiger partial charge in [0.2, 0.25) is 0 Å². The summed E-state index contributed by atoms with van der Waals surface area (Å²) >= 11 is 9.60. The summed E-state index contributed by atoms with van der Waals surface area (Å²) in [6.45, 7) is 1.98. The fourth-order valence-corrected chi connectivity index (χ4v) is 2.76. The number of hydrogen-bond donors (Lipinski definition) is 1. The molecule has 1 atom stereocenters.